The first kappa shape index (κ1) is 15.7. The lowest BCUT2D eigenvalue weighted by Crippen LogP contribution is -2.57. The highest BCUT2D eigenvalue weighted by Crippen LogP contribution is 2.22. The Kier molecular flexibility index (Phi) is 5.52. The number of nitrogens with one attached hydrogen (secondary N) is 2. The molecule has 1 unspecified atom stereocenters. The molecule has 1 amide bonds. The van der Waals surface area contributed by atoms with E-state index < -0.39 is 0 Å². The smallest absolute Gasteiger partial charge is 0.238 e. The number of halogens is 1. The normalized spacial score (nSPS) is 19.3. The van der Waals surface area contributed by atoms with Crippen LogP contribution in [0.25, 0.3) is 0 Å². The number of likely N-dealkylation sites (N-methyl/N-ethyl adjacent to an activating group) is 1. The SMILES string of the molecule is CCNC(=O)C1CNCCN1Cc1cccc(OC)c1F. The summed E-state index contributed by atoms with van der Waals surface area (Å²) in [7, 11) is 1.45. The van der Waals surface area contributed by atoms with E-state index in [9.17, 15) is 9.18 Å². The average Bonchev–Trinajstić information content (AvgIpc) is 2.50. The minimum Gasteiger partial charge on any atom is -0.494 e. The summed E-state index contributed by atoms with van der Waals surface area (Å²) in [5.41, 5.74) is 0.547. The monoisotopic (exact) mass is 295 g/mol. The Balaban J connectivity index is 2.14. The van der Waals surface area contributed by atoms with E-state index in [4.69, 9.17) is 4.74 Å². The summed E-state index contributed by atoms with van der Waals surface area (Å²) in [6, 6.07) is 4.82. The quantitative estimate of drug-likeness (QED) is 0.841. The second kappa shape index (κ2) is 7.38. The Morgan fingerprint density at radius 1 is 1.57 bits per heavy atom. The Morgan fingerprint density at radius 3 is 3.10 bits per heavy atom. The van der Waals surface area contributed by atoms with Crippen LogP contribution in [0.15, 0.2) is 18.2 Å². The van der Waals surface area contributed by atoms with Crippen molar-refractivity contribution in [3.05, 3.63) is 29.6 Å². The van der Waals surface area contributed by atoms with Gasteiger partial charge < -0.3 is 15.4 Å². The molecule has 0 saturated carbocycles. The lowest BCUT2D eigenvalue weighted by molar-refractivity contribution is -0.127. The van der Waals surface area contributed by atoms with Gasteiger partial charge in [-0.1, -0.05) is 12.1 Å². The lowest BCUT2D eigenvalue weighted by atomic mass is 10.1. The molecule has 0 radical (unpaired) electrons. The molecular weight excluding hydrogens is 273 g/mol. The van der Waals surface area contributed by atoms with Crippen molar-refractivity contribution in [1.29, 1.82) is 0 Å². The van der Waals surface area contributed by atoms with Crippen LogP contribution < -0.4 is 15.4 Å². The van der Waals surface area contributed by atoms with Gasteiger partial charge in [0.25, 0.3) is 0 Å². The predicted molar refractivity (Wildman–Crippen MR) is 78.7 cm³/mol. The van der Waals surface area contributed by atoms with Gasteiger partial charge in [0, 0.05) is 38.3 Å². The number of carbonyl (C=O) groups excluding carboxylic acids is 1. The number of ether oxygens (including phenoxy) is 1. The van der Waals surface area contributed by atoms with Crippen molar-refractivity contribution in [3.63, 3.8) is 0 Å². The van der Waals surface area contributed by atoms with Crippen LogP contribution in [0.2, 0.25) is 0 Å². The maximum Gasteiger partial charge on any atom is 0.238 e. The summed E-state index contributed by atoms with van der Waals surface area (Å²) in [6.45, 7) is 4.96. The number of piperazine rings is 1. The van der Waals surface area contributed by atoms with Crippen molar-refractivity contribution in [2.75, 3.05) is 33.3 Å². The minimum absolute atomic E-state index is 0.0204. The molecule has 0 spiro atoms. The Labute approximate surface area is 124 Å². The van der Waals surface area contributed by atoms with Gasteiger partial charge in [0.05, 0.1) is 7.11 Å². The van der Waals surface area contributed by atoms with Gasteiger partial charge in [-0.05, 0) is 13.0 Å². The third-order valence-electron chi connectivity index (χ3n) is 3.64. The molecule has 1 atom stereocenters. The van der Waals surface area contributed by atoms with E-state index >= 15 is 0 Å². The number of methoxy groups -OCH3 is 1. The van der Waals surface area contributed by atoms with Crippen molar-refractivity contribution >= 4 is 5.91 Å². The highest BCUT2D eigenvalue weighted by molar-refractivity contribution is 5.82. The number of nitrogens with zero attached hydrogens (tertiary/aromatic N) is 1. The topological polar surface area (TPSA) is 53.6 Å². The first-order valence-electron chi connectivity index (χ1n) is 7.21. The van der Waals surface area contributed by atoms with Crippen molar-refractivity contribution in [2.24, 2.45) is 0 Å². The second-order valence-electron chi connectivity index (χ2n) is 5.02. The van der Waals surface area contributed by atoms with E-state index in [1.807, 2.05) is 11.8 Å². The molecule has 1 saturated heterocycles. The van der Waals surface area contributed by atoms with Crippen molar-refractivity contribution in [1.82, 2.24) is 15.5 Å². The fourth-order valence-electron chi connectivity index (χ4n) is 2.54. The lowest BCUT2D eigenvalue weighted by Gasteiger charge is -2.35. The minimum atomic E-state index is -0.354. The van der Waals surface area contributed by atoms with Crippen LogP contribution in [-0.2, 0) is 11.3 Å². The number of hydrogen-bond acceptors (Lipinski definition) is 4. The molecule has 1 fully saturated rings. The molecule has 1 aliphatic heterocycles. The molecule has 21 heavy (non-hydrogen) atoms. The molecular formula is C15H22FN3O2. The molecule has 1 heterocycles. The summed E-state index contributed by atoms with van der Waals surface area (Å²) in [4.78, 5) is 14.1. The number of carbonyl (C=O) groups is 1. The highest BCUT2D eigenvalue weighted by Gasteiger charge is 2.28. The number of amides is 1. The van der Waals surface area contributed by atoms with Crippen LogP contribution in [-0.4, -0.2) is 50.1 Å². The zero-order valence-corrected chi connectivity index (χ0v) is 12.5. The summed E-state index contributed by atoms with van der Waals surface area (Å²) in [5.74, 6) is -0.140. The fraction of sp³-hybridized carbons (Fsp3) is 0.533. The number of hydrogen-bond donors (Lipinski definition) is 2. The molecule has 1 aromatic carbocycles. The van der Waals surface area contributed by atoms with E-state index in [1.165, 1.54) is 7.11 Å². The maximum absolute atomic E-state index is 14.2. The van der Waals surface area contributed by atoms with Gasteiger partial charge in [-0.15, -0.1) is 0 Å². The van der Waals surface area contributed by atoms with E-state index in [0.29, 0.717) is 31.7 Å². The average molecular weight is 295 g/mol. The molecule has 2 rings (SSSR count). The van der Waals surface area contributed by atoms with Crippen LogP contribution in [0.5, 0.6) is 5.75 Å². The molecule has 6 heteroatoms. The van der Waals surface area contributed by atoms with Gasteiger partial charge >= 0.3 is 0 Å². The summed E-state index contributed by atoms with van der Waals surface area (Å²) < 4.78 is 19.2. The fourth-order valence-corrected chi connectivity index (χ4v) is 2.54. The standard InChI is InChI=1S/C15H22FN3O2/c1-3-18-15(20)12-9-17-7-8-19(12)10-11-5-4-6-13(21-2)14(11)16/h4-6,12,17H,3,7-10H2,1-2H3,(H,18,20). The highest BCUT2D eigenvalue weighted by atomic mass is 19.1. The number of rotatable bonds is 5. The van der Waals surface area contributed by atoms with E-state index in [2.05, 4.69) is 10.6 Å². The Bertz CT molecular complexity index is 496. The second-order valence-corrected chi connectivity index (χ2v) is 5.02. The number of benzene rings is 1. The third-order valence-corrected chi connectivity index (χ3v) is 3.64. The molecule has 2 N–H and O–H groups in total. The van der Waals surface area contributed by atoms with E-state index in [-0.39, 0.29) is 23.5 Å². The first-order chi connectivity index (χ1) is 10.2. The summed E-state index contributed by atoms with van der Waals surface area (Å²) >= 11 is 0. The van der Waals surface area contributed by atoms with Crippen LogP contribution in [0.1, 0.15) is 12.5 Å². The van der Waals surface area contributed by atoms with Gasteiger partial charge in [0.15, 0.2) is 11.6 Å². The van der Waals surface area contributed by atoms with Crippen LogP contribution >= 0.6 is 0 Å². The summed E-state index contributed by atoms with van der Waals surface area (Å²) in [6.07, 6.45) is 0. The van der Waals surface area contributed by atoms with Crippen molar-refractivity contribution < 1.29 is 13.9 Å². The van der Waals surface area contributed by atoms with Gasteiger partial charge in [-0.2, -0.15) is 0 Å². The third kappa shape index (κ3) is 3.71. The van der Waals surface area contributed by atoms with Crippen LogP contribution in [0, 0.1) is 5.82 Å². The summed E-state index contributed by atoms with van der Waals surface area (Å²) in [5, 5.41) is 6.04. The van der Waals surface area contributed by atoms with E-state index in [1.54, 1.807) is 18.2 Å². The van der Waals surface area contributed by atoms with Crippen molar-refractivity contribution in [2.45, 2.75) is 19.5 Å². The first-order valence-corrected chi connectivity index (χ1v) is 7.21. The molecule has 5 nitrogen and oxygen atoms in total. The molecule has 0 aromatic heterocycles. The van der Waals surface area contributed by atoms with Crippen LogP contribution in [0.4, 0.5) is 4.39 Å². The van der Waals surface area contributed by atoms with Gasteiger partial charge in [-0.3, -0.25) is 9.69 Å². The molecule has 116 valence electrons. The van der Waals surface area contributed by atoms with Gasteiger partial charge in [0.1, 0.15) is 6.04 Å². The van der Waals surface area contributed by atoms with Crippen molar-refractivity contribution in [3.8, 4) is 5.75 Å². The Morgan fingerprint density at radius 2 is 2.38 bits per heavy atom. The maximum atomic E-state index is 14.2. The molecule has 1 aliphatic rings. The largest absolute Gasteiger partial charge is 0.494 e. The Hall–Kier alpha value is -1.66. The molecule has 0 aliphatic carbocycles. The molecule has 1 aromatic rings. The van der Waals surface area contributed by atoms with Gasteiger partial charge in [-0.25, -0.2) is 4.39 Å². The van der Waals surface area contributed by atoms with Crippen LogP contribution in [0.3, 0.4) is 0 Å². The zero-order valence-electron chi connectivity index (χ0n) is 12.5. The zero-order chi connectivity index (χ0) is 15.2. The molecule has 0 bridgehead atoms. The van der Waals surface area contributed by atoms with Gasteiger partial charge in [0.2, 0.25) is 5.91 Å². The van der Waals surface area contributed by atoms with E-state index in [0.717, 1.165) is 6.54 Å². The predicted octanol–water partition coefficient (Wildman–Crippen LogP) is 0.744.